The molecule has 2 aliphatic heterocycles. The summed E-state index contributed by atoms with van der Waals surface area (Å²) in [5, 5.41) is 13.7. The van der Waals surface area contributed by atoms with Gasteiger partial charge in [-0.1, -0.05) is 48.5 Å². The lowest BCUT2D eigenvalue weighted by atomic mass is 9.79. The number of carbonyl (C=O) groups is 3. The van der Waals surface area contributed by atoms with Crippen LogP contribution in [0.5, 0.6) is 0 Å². The third-order valence-electron chi connectivity index (χ3n) is 8.06. The molecule has 2 amide bonds. The van der Waals surface area contributed by atoms with Crippen LogP contribution in [0.15, 0.2) is 65.5 Å². The Labute approximate surface area is 232 Å². The second kappa shape index (κ2) is 9.87. The lowest BCUT2D eigenvalue weighted by Gasteiger charge is -2.35. The Morgan fingerprint density at radius 1 is 1.00 bits per heavy atom. The minimum atomic E-state index is -1.93. The van der Waals surface area contributed by atoms with E-state index < -0.39 is 46.7 Å². The second-order valence-electron chi connectivity index (χ2n) is 11.5. The van der Waals surface area contributed by atoms with E-state index >= 15 is 0 Å². The lowest BCUT2D eigenvalue weighted by molar-refractivity contribution is -0.156. The van der Waals surface area contributed by atoms with Crippen LogP contribution in [-0.4, -0.2) is 54.8 Å². The topological polar surface area (TPSA) is 123 Å². The first-order chi connectivity index (χ1) is 18.9. The molecule has 2 fully saturated rings. The number of carbonyl (C=O) groups excluding carboxylic acids is 2. The molecule has 1 aromatic heterocycles. The minimum absolute atomic E-state index is 0.121. The van der Waals surface area contributed by atoms with E-state index in [1.54, 1.807) is 51.6 Å². The molecule has 0 bridgehead atoms. The Hall–Kier alpha value is -4.02. The van der Waals surface area contributed by atoms with Gasteiger partial charge in [0.25, 0.3) is 5.56 Å². The van der Waals surface area contributed by atoms with Gasteiger partial charge in [-0.05, 0) is 45.4 Å². The molecule has 2 saturated heterocycles. The number of benzene rings is 2. The molecule has 10 nitrogen and oxygen atoms in total. The molecular formula is C30H34N4O6. The first-order valence-corrected chi connectivity index (χ1v) is 13.2. The number of hydrogen-bond acceptors (Lipinski definition) is 6. The molecule has 2 aliphatic rings. The Balaban J connectivity index is 1.63. The third-order valence-corrected chi connectivity index (χ3v) is 8.06. The van der Waals surface area contributed by atoms with E-state index in [1.165, 1.54) is 4.68 Å². The number of hydrogen-bond donors (Lipinski definition) is 2. The molecule has 0 saturated carbocycles. The standard InChI is InChI=1S/C30H34N4O6/c1-18-21(26(36)34(32(18)5)20-14-10-7-11-15-20)24-22-23(27(37)33(25(22)35)29(2,3)4)30(31-24,28(38)39)17-40-16-19-12-8-6-9-13-19/h6-15,22-24,31H,16-17H2,1-5H3,(H,38,39). The SMILES string of the molecule is Cc1c(C2NC(COCc3ccccc3)(C(=O)O)C3C(=O)N(C(C)(C)C)C(=O)C23)c(=O)n(-c2ccccc2)n1C. The fraction of sp³-hybridized carbons (Fsp3) is 0.400. The number of ether oxygens (including phenoxy) is 1. The Bertz CT molecular complexity index is 1520. The van der Waals surface area contributed by atoms with E-state index in [9.17, 15) is 24.3 Å². The van der Waals surface area contributed by atoms with Crippen LogP contribution in [0.25, 0.3) is 5.69 Å². The number of para-hydroxylation sites is 1. The molecule has 5 rings (SSSR count). The average molecular weight is 547 g/mol. The number of carboxylic acids is 1. The van der Waals surface area contributed by atoms with Crippen LogP contribution in [0.1, 0.15) is 43.6 Å². The fourth-order valence-corrected chi connectivity index (χ4v) is 6.15. The summed E-state index contributed by atoms with van der Waals surface area (Å²) >= 11 is 0. The predicted molar refractivity (Wildman–Crippen MR) is 147 cm³/mol. The molecule has 10 heteroatoms. The summed E-state index contributed by atoms with van der Waals surface area (Å²) in [4.78, 5) is 56.0. The van der Waals surface area contributed by atoms with E-state index in [4.69, 9.17) is 4.74 Å². The molecule has 210 valence electrons. The summed E-state index contributed by atoms with van der Waals surface area (Å²) in [6.45, 7) is 6.70. The van der Waals surface area contributed by atoms with Crippen molar-refractivity contribution in [1.29, 1.82) is 0 Å². The number of rotatable bonds is 7. The maximum atomic E-state index is 13.9. The highest BCUT2D eigenvalue weighted by Crippen LogP contribution is 2.50. The highest BCUT2D eigenvalue weighted by atomic mass is 16.5. The normalized spacial score (nSPS) is 24.5. The van der Waals surface area contributed by atoms with Crippen molar-refractivity contribution in [3.8, 4) is 5.69 Å². The van der Waals surface area contributed by atoms with Crippen LogP contribution in [0.4, 0.5) is 0 Å². The van der Waals surface area contributed by atoms with Gasteiger partial charge >= 0.3 is 5.97 Å². The van der Waals surface area contributed by atoms with Gasteiger partial charge in [-0.25, -0.2) is 4.68 Å². The van der Waals surface area contributed by atoms with E-state index in [1.807, 2.05) is 48.5 Å². The molecule has 4 atom stereocenters. The highest BCUT2D eigenvalue weighted by molar-refractivity contribution is 6.10. The van der Waals surface area contributed by atoms with Crippen molar-refractivity contribution in [2.24, 2.45) is 18.9 Å². The molecule has 2 aromatic carbocycles. The molecule has 0 spiro atoms. The van der Waals surface area contributed by atoms with Crippen LogP contribution in [0.3, 0.4) is 0 Å². The smallest absolute Gasteiger partial charge is 0.327 e. The van der Waals surface area contributed by atoms with Crippen LogP contribution in [0.2, 0.25) is 0 Å². The van der Waals surface area contributed by atoms with Gasteiger partial charge in [0.15, 0.2) is 5.54 Å². The summed E-state index contributed by atoms with van der Waals surface area (Å²) in [5.41, 5.74) is -0.917. The number of amides is 2. The number of aromatic nitrogens is 2. The predicted octanol–water partition coefficient (Wildman–Crippen LogP) is 2.57. The second-order valence-corrected chi connectivity index (χ2v) is 11.5. The van der Waals surface area contributed by atoms with Crippen molar-refractivity contribution in [3.05, 3.63) is 87.8 Å². The van der Waals surface area contributed by atoms with E-state index in [0.29, 0.717) is 11.4 Å². The number of imide groups is 1. The van der Waals surface area contributed by atoms with Gasteiger partial charge in [0.05, 0.1) is 42.3 Å². The van der Waals surface area contributed by atoms with Crippen molar-refractivity contribution in [1.82, 2.24) is 19.6 Å². The van der Waals surface area contributed by atoms with Crippen LogP contribution in [0, 0.1) is 18.8 Å². The zero-order chi connectivity index (χ0) is 29.0. The third kappa shape index (κ3) is 4.18. The van der Waals surface area contributed by atoms with Crippen LogP contribution < -0.4 is 10.9 Å². The Morgan fingerprint density at radius 3 is 2.17 bits per heavy atom. The van der Waals surface area contributed by atoms with Gasteiger partial charge in [-0.3, -0.25) is 34.1 Å². The van der Waals surface area contributed by atoms with E-state index in [0.717, 1.165) is 10.5 Å². The van der Waals surface area contributed by atoms with Gasteiger partial charge in [0.1, 0.15) is 0 Å². The molecular weight excluding hydrogens is 512 g/mol. The number of likely N-dealkylation sites (tertiary alicyclic amines) is 1. The number of carboxylic acid groups (broad SMARTS) is 1. The molecule has 0 aliphatic carbocycles. The average Bonchev–Trinajstić information content (AvgIpc) is 3.46. The lowest BCUT2D eigenvalue weighted by Crippen LogP contribution is -2.60. The Kier molecular flexibility index (Phi) is 6.79. The zero-order valence-corrected chi connectivity index (χ0v) is 23.2. The van der Waals surface area contributed by atoms with E-state index in [-0.39, 0.29) is 24.3 Å². The highest BCUT2D eigenvalue weighted by Gasteiger charge is 2.70. The number of nitrogens with one attached hydrogen (secondary N) is 1. The van der Waals surface area contributed by atoms with Crippen LogP contribution in [-0.2, 0) is 32.8 Å². The first kappa shape index (κ1) is 27.5. The summed E-state index contributed by atoms with van der Waals surface area (Å²) in [6, 6.07) is 17.3. The van der Waals surface area contributed by atoms with Gasteiger partial charge in [0, 0.05) is 18.3 Å². The zero-order valence-electron chi connectivity index (χ0n) is 23.2. The summed E-state index contributed by atoms with van der Waals surface area (Å²) in [7, 11) is 1.73. The molecule has 3 heterocycles. The van der Waals surface area contributed by atoms with Crippen molar-refractivity contribution in [2.75, 3.05) is 6.61 Å². The van der Waals surface area contributed by atoms with Crippen LogP contribution >= 0.6 is 0 Å². The fourth-order valence-electron chi connectivity index (χ4n) is 6.15. The monoisotopic (exact) mass is 546 g/mol. The van der Waals surface area contributed by atoms with E-state index in [2.05, 4.69) is 5.32 Å². The van der Waals surface area contributed by atoms with Crippen molar-refractivity contribution in [3.63, 3.8) is 0 Å². The number of nitrogens with zero attached hydrogens (tertiary/aromatic N) is 3. The minimum Gasteiger partial charge on any atom is -0.480 e. The molecule has 0 radical (unpaired) electrons. The molecule has 2 N–H and O–H groups in total. The Morgan fingerprint density at radius 2 is 1.60 bits per heavy atom. The number of aliphatic carboxylic acids is 1. The first-order valence-electron chi connectivity index (χ1n) is 13.2. The summed E-state index contributed by atoms with van der Waals surface area (Å²) < 4.78 is 9.07. The maximum absolute atomic E-state index is 13.9. The van der Waals surface area contributed by atoms with Gasteiger partial charge in [0.2, 0.25) is 11.8 Å². The summed E-state index contributed by atoms with van der Waals surface area (Å²) in [5.74, 6) is -4.75. The maximum Gasteiger partial charge on any atom is 0.327 e. The van der Waals surface area contributed by atoms with Gasteiger partial charge in [-0.2, -0.15) is 0 Å². The summed E-state index contributed by atoms with van der Waals surface area (Å²) in [6.07, 6.45) is 0. The largest absolute Gasteiger partial charge is 0.480 e. The van der Waals surface area contributed by atoms with Gasteiger partial charge < -0.3 is 9.84 Å². The molecule has 4 unspecified atom stereocenters. The van der Waals surface area contributed by atoms with Crippen molar-refractivity contribution in [2.45, 2.75) is 51.4 Å². The molecule has 3 aromatic rings. The number of fused-ring (bicyclic) bond motifs is 1. The molecule has 40 heavy (non-hydrogen) atoms. The van der Waals surface area contributed by atoms with Crippen molar-refractivity contribution < 1.29 is 24.2 Å². The van der Waals surface area contributed by atoms with Crippen molar-refractivity contribution >= 4 is 17.8 Å². The van der Waals surface area contributed by atoms with Gasteiger partial charge in [-0.15, -0.1) is 0 Å². The quantitative estimate of drug-likeness (QED) is 0.437.